The lowest BCUT2D eigenvalue weighted by atomic mass is 10.1. The average molecular weight is 546 g/mol. The van der Waals surface area contributed by atoms with Crippen molar-refractivity contribution in [2.45, 2.75) is 32.0 Å². The molecule has 0 unspecified atom stereocenters. The number of carboxylic acid groups (broad SMARTS) is 1. The van der Waals surface area contributed by atoms with Crippen LogP contribution < -0.4 is 5.32 Å². The Kier molecular flexibility index (Phi) is 10.0. The van der Waals surface area contributed by atoms with Gasteiger partial charge in [0, 0.05) is 37.4 Å². The number of carbonyl (C=O) groups excluding carboxylic acids is 1. The van der Waals surface area contributed by atoms with Crippen LogP contribution in [-0.4, -0.2) is 65.7 Å². The molecule has 1 aliphatic heterocycles. The number of hydrogen-bond acceptors (Lipinski definition) is 4. The van der Waals surface area contributed by atoms with Gasteiger partial charge >= 0.3 is 12.1 Å². The molecule has 1 saturated carbocycles. The van der Waals surface area contributed by atoms with Crippen molar-refractivity contribution in [2.75, 3.05) is 38.0 Å². The molecule has 2 aromatic rings. The van der Waals surface area contributed by atoms with Crippen LogP contribution in [-0.2, 0) is 11.3 Å². The van der Waals surface area contributed by atoms with E-state index in [1.54, 1.807) is 18.2 Å². The van der Waals surface area contributed by atoms with E-state index in [-0.39, 0.29) is 5.91 Å². The number of benzene rings is 2. The number of hydrogen-bond donors (Lipinski definition) is 2. The first kappa shape index (κ1) is 28.2. The van der Waals surface area contributed by atoms with Crippen LogP contribution in [0.4, 0.5) is 18.9 Å². The van der Waals surface area contributed by atoms with Gasteiger partial charge in [-0.25, -0.2) is 4.79 Å². The van der Waals surface area contributed by atoms with Gasteiger partial charge in [-0.3, -0.25) is 9.69 Å². The Bertz CT molecular complexity index is 1060. The third-order valence-corrected chi connectivity index (χ3v) is 6.65. The maximum atomic E-state index is 12.5. The van der Waals surface area contributed by atoms with E-state index < -0.39 is 12.1 Å². The van der Waals surface area contributed by atoms with Crippen molar-refractivity contribution in [2.24, 2.45) is 5.92 Å². The van der Waals surface area contributed by atoms with Gasteiger partial charge in [-0.1, -0.05) is 35.3 Å². The summed E-state index contributed by atoms with van der Waals surface area (Å²) in [5.41, 5.74) is 2.50. The number of carbonyl (C=O) groups is 2. The minimum Gasteiger partial charge on any atom is -0.475 e. The second kappa shape index (κ2) is 12.8. The van der Waals surface area contributed by atoms with Crippen LogP contribution in [0.3, 0.4) is 0 Å². The van der Waals surface area contributed by atoms with Crippen molar-refractivity contribution in [3.05, 3.63) is 63.6 Å². The van der Waals surface area contributed by atoms with Crippen molar-refractivity contribution in [3.8, 4) is 0 Å². The van der Waals surface area contributed by atoms with Gasteiger partial charge in [0.15, 0.2) is 0 Å². The van der Waals surface area contributed by atoms with Gasteiger partial charge in [-0.15, -0.1) is 0 Å². The molecule has 4 rings (SSSR count). The van der Waals surface area contributed by atoms with Gasteiger partial charge in [0.05, 0.1) is 10.0 Å². The molecular weight excluding hydrogens is 518 g/mol. The van der Waals surface area contributed by atoms with Gasteiger partial charge in [-0.2, -0.15) is 13.2 Å². The first-order chi connectivity index (χ1) is 17.0. The predicted molar refractivity (Wildman–Crippen MR) is 134 cm³/mol. The van der Waals surface area contributed by atoms with E-state index in [0.29, 0.717) is 15.6 Å². The maximum absolute atomic E-state index is 12.5. The molecule has 0 spiro atoms. The molecule has 11 heteroatoms. The quantitative estimate of drug-likeness (QED) is 0.480. The highest BCUT2D eigenvalue weighted by Crippen LogP contribution is 2.30. The number of alkyl halides is 3. The second-order valence-electron chi connectivity index (χ2n) is 8.96. The van der Waals surface area contributed by atoms with Crippen LogP contribution in [0.2, 0.25) is 10.0 Å². The number of rotatable bonds is 6. The fraction of sp³-hybridized carbons (Fsp3) is 0.440. The van der Waals surface area contributed by atoms with Gasteiger partial charge in [0.1, 0.15) is 0 Å². The van der Waals surface area contributed by atoms with Crippen LogP contribution >= 0.6 is 23.2 Å². The largest absolute Gasteiger partial charge is 0.490 e. The molecule has 1 amide bonds. The molecule has 1 saturated heterocycles. The van der Waals surface area contributed by atoms with Gasteiger partial charge < -0.3 is 15.3 Å². The summed E-state index contributed by atoms with van der Waals surface area (Å²) < 4.78 is 31.7. The fourth-order valence-electron chi connectivity index (χ4n) is 3.88. The second-order valence-corrected chi connectivity index (χ2v) is 9.77. The highest BCUT2D eigenvalue weighted by atomic mass is 35.5. The van der Waals surface area contributed by atoms with E-state index in [0.717, 1.165) is 37.8 Å². The Morgan fingerprint density at radius 3 is 2.28 bits per heavy atom. The molecule has 1 aliphatic carbocycles. The number of nitrogens with zero attached hydrogens (tertiary/aromatic N) is 2. The van der Waals surface area contributed by atoms with E-state index in [4.69, 9.17) is 33.1 Å². The average Bonchev–Trinajstić information content (AvgIpc) is 3.64. The molecule has 2 aliphatic rings. The molecule has 196 valence electrons. The zero-order valence-electron chi connectivity index (χ0n) is 19.5. The monoisotopic (exact) mass is 545 g/mol. The molecule has 0 aromatic heterocycles. The van der Waals surface area contributed by atoms with Crippen molar-refractivity contribution in [3.63, 3.8) is 0 Å². The van der Waals surface area contributed by atoms with Gasteiger partial charge in [-0.05, 0) is 74.2 Å². The lowest BCUT2D eigenvalue weighted by molar-refractivity contribution is -0.192. The van der Waals surface area contributed by atoms with Crippen molar-refractivity contribution in [1.82, 2.24) is 9.80 Å². The first-order valence-corrected chi connectivity index (χ1v) is 12.4. The summed E-state index contributed by atoms with van der Waals surface area (Å²) in [6.45, 7) is 6.79. The highest BCUT2D eigenvalue weighted by Gasteiger charge is 2.38. The summed E-state index contributed by atoms with van der Waals surface area (Å²) >= 11 is 12.0. The van der Waals surface area contributed by atoms with E-state index >= 15 is 0 Å². The van der Waals surface area contributed by atoms with E-state index in [2.05, 4.69) is 27.2 Å². The van der Waals surface area contributed by atoms with Crippen LogP contribution in [0.5, 0.6) is 0 Å². The summed E-state index contributed by atoms with van der Waals surface area (Å²) in [7, 11) is 0. The minimum absolute atomic E-state index is 0.189. The molecule has 36 heavy (non-hydrogen) atoms. The fourth-order valence-corrected chi connectivity index (χ4v) is 4.17. The predicted octanol–water partition coefficient (Wildman–Crippen LogP) is 5.80. The van der Waals surface area contributed by atoms with E-state index in [1.165, 1.54) is 37.9 Å². The number of carboxylic acids is 1. The zero-order valence-corrected chi connectivity index (χ0v) is 21.0. The number of halogens is 5. The maximum Gasteiger partial charge on any atom is 0.490 e. The van der Waals surface area contributed by atoms with E-state index in [1.807, 2.05) is 12.1 Å². The Morgan fingerprint density at radius 2 is 1.64 bits per heavy atom. The lowest BCUT2D eigenvalue weighted by Gasteiger charge is -2.22. The van der Waals surface area contributed by atoms with Crippen LogP contribution in [0, 0.1) is 5.92 Å². The molecule has 0 bridgehead atoms. The molecular formula is C25H28Cl2F3N3O3. The third-order valence-electron chi connectivity index (χ3n) is 5.91. The Hall–Kier alpha value is -2.33. The smallest absolute Gasteiger partial charge is 0.475 e. The third kappa shape index (κ3) is 9.28. The van der Waals surface area contributed by atoms with Crippen molar-refractivity contribution < 1.29 is 27.9 Å². The molecule has 1 heterocycles. The SMILES string of the molecule is O=C(Nc1cccc(CN2CCCN(CC3CC3)CC2)c1)c1ccc(Cl)c(Cl)c1.O=C(O)C(F)(F)F. The van der Waals surface area contributed by atoms with Crippen molar-refractivity contribution in [1.29, 1.82) is 0 Å². The van der Waals surface area contributed by atoms with E-state index in [9.17, 15) is 18.0 Å². The standard InChI is InChI=1S/C23H27Cl2N3O.C2HF3O2/c24-21-8-7-19(14-22(21)25)23(29)26-20-4-1-3-18(13-20)16-28-10-2-9-27(11-12-28)15-17-5-6-17;3-2(4,5)1(6)7/h1,3-4,7-8,13-14,17H,2,5-6,9-12,15-16H2,(H,26,29);(H,6,7). The topological polar surface area (TPSA) is 72.9 Å². The first-order valence-electron chi connectivity index (χ1n) is 11.6. The van der Waals surface area contributed by atoms with Crippen LogP contribution in [0.1, 0.15) is 35.2 Å². The summed E-state index contributed by atoms with van der Waals surface area (Å²) in [4.78, 5) is 26.6. The number of aliphatic carboxylic acids is 1. The van der Waals surface area contributed by atoms with Gasteiger partial charge in [0.25, 0.3) is 5.91 Å². The van der Waals surface area contributed by atoms with Crippen molar-refractivity contribution >= 4 is 40.8 Å². The van der Waals surface area contributed by atoms with Crippen LogP contribution in [0.25, 0.3) is 0 Å². The molecule has 2 N–H and O–H groups in total. The molecule has 2 aromatic carbocycles. The van der Waals surface area contributed by atoms with Gasteiger partial charge in [0.2, 0.25) is 0 Å². The lowest BCUT2D eigenvalue weighted by Crippen LogP contribution is -2.31. The number of amides is 1. The minimum atomic E-state index is -5.08. The summed E-state index contributed by atoms with van der Waals surface area (Å²) in [5.74, 6) is -1.99. The molecule has 0 atom stereocenters. The Morgan fingerprint density at radius 1 is 0.972 bits per heavy atom. The summed E-state index contributed by atoms with van der Waals surface area (Å²) in [6, 6.07) is 13.0. The van der Waals surface area contributed by atoms with Crippen LogP contribution in [0.15, 0.2) is 42.5 Å². The molecule has 0 radical (unpaired) electrons. The summed E-state index contributed by atoms with van der Waals surface area (Å²) in [6.07, 6.45) is -1.03. The number of anilines is 1. The summed E-state index contributed by atoms with van der Waals surface area (Å²) in [5, 5.41) is 10.9. The Labute approximate surface area is 218 Å². The normalized spacial score (nSPS) is 17.0. The number of nitrogens with one attached hydrogen (secondary N) is 1. The zero-order chi connectivity index (χ0) is 26.3. The Balaban J connectivity index is 0.000000454. The molecule has 6 nitrogen and oxygen atoms in total. The highest BCUT2D eigenvalue weighted by molar-refractivity contribution is 6.42. The molecule has 2 fully saturated rings.